The van der Waals surface area contributed by atoms with E-state index in [1.807, 2.05) is 47.1 Å². The van der Waals surface area contributed by atoms with Crippen LogP contribution in [0.15, 0.2) is 48.8 Å². The minimum atomic E-state index is 0.645. The first-order valence-electron chi connectivity index (χ1n) is 6.34. The highest BCUT2D eigenvalue weighted by Gasteiger charge is 2.05. The molecule has 2 aromatic heterocycles. The van der Waals surface area contributed by atoms with Gasteiger partial charge in [-0.15, -0.1) is 0 Å². The summed E-state index contributed by atoms with van der Waals surface area (Å²) in [5, 5.41) is 0. The molecule has 0 aliphatic carbocycles. The predicted octanol–water partition coefficient (Wildman–Crippen LogP) is 2.75. The summed E-state index contributed by atoms with van der Waals surface area (Å²) in [7, 11) is 1.65. The van der Waals surface area contributed by atoms with E-state index >= 15 is 0 Å². The SMILES string of the molecule is COc1ccc(Cc2ncc3ccc(C=O)cn23)cc1. The van der Waals surface area contributed by atoms with E-state index < -0.39 is 0 Å². The summed E-state index contributed by atoms with van der Waals surface area (Å²) in [6.07, 6.45) is 5.18. The van der Waals surface area contributed by atoms with Gasteiger partial charge in [0, 0.05) is 18.2 Å². The maximum absolute atomic E-state index is 10.9. The fraction of sp³-hybridized carbons (Fsp3) is 0.125. The van der Waals surface area contributed by atoms with Crippen molar-refractivity contribution in [2.75, 3.05) is 7.11 Å². The van der Waals surface area contributed by atoms with Crippen LogP contribution in [0.2, 0.25) is 0 Å². The molecule has 0 aliphatic heterocycles. The minimum Gasteiger partial charge on any atom is -0.497 e. The van der Waals surface area contributed by atoms with Gasteiger partial charge in [0.1, 0.15) is 11.6 Å². The molecule has 4 heteroatoms. The van der Waals surface area contributed by atoms with Crippen LogP contribution in [-0.4, -0.2) is 22.8 Å². The van der Waals surface area contributed by atoms with Crippen molar-refractivity contribution in [2.24, 2.45) is 0 Å². The Morgan fingerprint density at radius 2 is 2.00 bits per heavy atom. The molecular formula is C16H14N2O2. The number of carbonyl (C=O) groups excluding carboxylic acids is 1. The van der Waals surface area contributed by atoms with Gasteiger partial charge in [0.2, 0.25) is 0 Å². The summed E-state index contributed by atoms with van der Waals surface area (Å²) in [5.41, 5.74) is 2.78. The van der Waals surface area contributed by atoms with Crippen LogP contribution in [0, 0.1) is 0 Å². The van der Waals surface area contributed by atoms with E-state index in [-0.39, 0.29) is 0 Å². The van der Waals surface area contributed by atoms with Gasteiger partial charge in [-0.05, 0) is 29.8 Å². The van der Waals surface area contributed by atoms with Crippen molar-refractivity contribution in [1.82, 2.24) is 9.38 Å². The van der Waals surface area contributed by atoms with Crippen molar-refractivity contribution in [2.45, 2.75) is 6.42 Å². The number of rotatable bonds is 4. The average Bonchev–Trinajstić information content (AvgIpc) is 2.90. The zero-order valence-electron chi connectivity index (χ0n) is 11.1. The number of ether oxygens (including phenoxy) is 1. The van der Waals surface area contributed by atoms with E-state index in [4.69, 9.17) is 4.74 Å². The topological polar surface area (TPSA) is 43.6 Å². The van der Waals surface area contributed by atoms with Gasteiger partial charge >= 0.3 is 0 Å². The van der Waals surface area contributed by atoms with E-state index in [2.05, 4.69) is 4.98 Å². The molecule has 0 saturated heterocycles. The number of methoxy groups -OCH3 is 1. The summed E-state index contributed by atoms with van der Waals surface area (Å²) in [4.78, 5) is 15.3. The number of nitrogens with zero attached hydrogens (tertiary/aromatic N) is 2. The molecule has 1 aromatic carbocycles. The van der Waals surface area contributed by atoms with Gasteiger partial charge < -0.3 is 9.14 Å². The molecule has 20 heavy (non-hydrogen) atoms. The molecule has 0 unspecified atom stereocenters. The third-order valence-corrected chi connectivity index (χ3v) is 3.28. The van der Waals surface area contributed by atoms with Crippen molar-refractivity contribution < 1.29 is 9.53 Å². The lowest BCUT2D eigenvalue weighted by atomic mass is 10.1. The molecule has 0 bridgehead atoms. The van der Waals surface area contributed by atoms with Gasteiger partial charge in [-0.2, -0.15) is 0 Å². The molecule has 4 nitrogen and oxygen atoms in total. The second-order valence-corrected chi connectivity index (χ2v) is 4.57. The van der Waals surface area contributed by atoms with Crippen molar-refractivity contribution >= 4 is 11.8 Å². The molecule has 3 rings (SSSR count). The maximum Gasteiger partial charge on any atom is 0.151 e. The molecule has 0 fully saturated rings. The first kappa shape index (κ1) is 12.4. The van der Waals surface area contributed by atoms with Crippen molar-refractivity contribution in [3.8, 4) is 5.75 Å². The van der Waals surface area contributed by atoms with E-state index in [0.717, 1.165) is 28.9 Å². The number of carbonyl (C=O) groups is 1. The van der Waals surface area contributed by atoms with Crippen LogP contribution >= 0.6 is 0 Å². The number of aldehydes is 1. The van der Waals surface area contributed by atoms with E-state index in [1.165, 1.54) is 0 Å². The molecule has 0 radical (unpaired) electrons. The lowest BCUT2D eigenvalue weighted by molar-refractivity contribution is 0.112. The number of benzene rings is 1. The number of pyridine rings is 1. The fourth-order valence-electron chi connectivity index (χ4n) is 2.19. The summed E-state index contributed by atoms with van der Waals surface area (Å²) >= 11 is 0. The quantitative estimate of drug-likeness (QED) is 0.682. The second kappa shape index (κ2) is 5.17. The number of fused-ring (bicyclic) bond motifs is 1. The average molecular weight is 266 g/mol. The monoisotopic (exact) mass is 266 g/mol. The predicted molar refractivity (Wildman–Crippen MR) is 76.4 cm³/mol. The standard InChI is InChI=1S/C16H14N2O2/c1-20-15-6-3-12(4-7-15)8-16-17-9-14-5-2-13(11-19)10-18(14)16/h2-7,9-11H,8H2,1H3. The molecule has 0 saturated carbocycles. The minimum absolute atomic E-state index is 0.645. The third-order valence-electron chi connectivity index (χ3n) is 3.28. The first-order chi connectivity index (χ1) is 9.80. The number of imidazole rings is 1. The molecule has 0 atom stereocenters. The molecule has 0 aliphatic rings. The molecule has 100 valence electrons. The molecule has 0 N–H and O–H groups in total. The Hall–Kier alpha value is -2.62. The lowest BCUT2D eigenvalue weighted by Crippen LogP contribution is -1.97. The molecule has 0 amide bonds. The zero-order valence-corrected chi connectivity index (χ0v) is 11.1. The van der Waals surface area contributed by atoms with E-state index in [0.29, 0.717) is 12.0 Å². The highest BCUT2D eigenvalue weighted by Crippen LogP contribution is 2.16. The van der Waals surface area contributed by atoms with Crippen LogP contribution in [0.3, 0.4) is 0 Å². The van der Waals surface area contributed by atoms with Crippen LogP contribution < -0.4 is 4.74 Å². The van der Waals surface area contributed by atoms with Crippen LogP contribution in [-0.2, 0) is 6.42 Å². The molecule has 3 aromatic rings. The Balaban J connectivity index is 1.94. The van der Waals surface area contributed by atoms with Crippen molar-refractivity contribution in [3.05, 3.63) is 65.7 Å². The highest BCUT2D eigenvalue weighted by atomic mass is 16.5. The highest BCUT2D eigenvalue weighted by molar-refractivity contribution is 5.75. The second-order valence-electron chi connectivity index (χ2n) is 4.57. The summed E-state index contributed by atoms with van der Waals surface area (Å²) in [6, 6.07) is 11.6. The van der Waals surface area contributed by atoms with Gasteiger partial charge in [0.15, 0.2) is 6.29 Å². The Kier molecular flexibility index (Phi) is 3.21. The zero-order chi connectivity index (χ0) is 13.9. The number of aromatic nitrogens is 2. The van der Waals surface area contributed by atoms with Crippen LogP contribution in [0.5, 0.6) is 5.75 Å². The maximum atomic E-state index is 10.9. The number of hydrogen-bond donors (Lipinski definition) is 0. The number of hydrogen-bond acceptors (Lipinski definition) is 3. The van der Waals surface area contributed by atoms with Gasteiger partial charge in [-0.25, -0.2) is 4.98 Å². The lowest BCUT2D eigenvalue weighted by Gasteiger charge is -2.04. The van der Waals surface area contributed by atoms with E-state index in [1.54, 1.807) is 13.2 Å². The summed E-state index contributed by atoms with van der Waals surface area (Å²) in [5.74, 6) is 1.75. The van der Waals surface area contributed by atoms with Gasteiger partial charge in [0.05, 0.1) is 18.8 Å². The smallest absolute Gasteiger partial charge is 0.151 e. The van der Waals surface area contributed by atoms with Crippen molar-refractivity contribution in [3.63, 3.8) is 0 Å². The molecule has 0 spiro atoms. The first-order valence-corrected chi connectivity index (χ1v) is 6.34. The summed E-state index contributed by atoms with van der Waals surface area (Å²) < 4.78 is 7.10. The Bertz CT molecular complexity index is 745. The summed E-state index contributed by atoms with van der Waals surface area (Å²) in [6.45, 7) is 0. The molecule has 2 heterocycles. The van der Waals surface area contributed by atoms with Gasteiger partial charge in [-0.3, -0.25) is 4.79 Å². The normalized spacial score (nSPS) is 10.7. The van der Waals surface area contributed by atoms with Crippen molar-refractivity contribution in [1.29, 1.82) is 0 Å². The van der Waals surface area contributed by atoms with E-state index in [9.17, 15) is 4.79 Å². The Morgan fingerprint density at radius 1 is 1.20 bits per heavy atom. The third kappa shape index (κ3) is 2.28. The largest absolute Gasteiger partial charge is 0.497 e. The Morgan fingerprint density at radius 3 is 2.70 bits per heavy atom. The Labute approximate surface area is 116 Å². The van der Waals surface area contributed by atoms with Crippen LogP contribution in [0.25, 0.3) is 5.52 Å². The van der Waals surface area contributed by atoms with Crippen LogP contribution in [0.4, 0.5) is 0 Å². The van der Waals surface area contributed by atoms with Gasteiger partial charge in [0.25, 0.3) is 0 Å². The molecular weight excluding hydrogens is 252 g/mol. The van der Waals surface area contributed by atoms with Gasteiger partial charge in [-0.1, -0.05) is 12.1 Å². The fourth-order valence-corrected chi connectivity index (χ4v) is 2.19. The van der Waals surface area contributed by atoms with Crippen LogP contribution in [0.1, 0.15) is 21.7 Å².